The van der Waals surface area contributed by atoms with Gasteiger partial charge in [-0.05, 0) is 30.2 Å². The summed E-state index contributed by atoms with van der Waals surface area (Å²) in [4.78, 5) is 44.1. The molecule has 14 heteroatoms. The Morgan fingerprint density at radius 2 is 1.56 bits per heavy atom. The van der Waals surface area contributed by atoms with Crippen LogP contribution in [0.25, 0.3) is 0 Å². The number of rotatable bonds is 12. The lowest BCUT2D eigenvalue weighted by molar-refractivity contribution is -0.192. The van der Waals surface area contributed by atoms with Crippen LogP contribution in [-0.4, -0.2) is 71.3 Å². The molecule has 0 aliphatic rings. The summed E-state index contributed by atoms with van der Waals surface area (Å²) in [7, 11) is 4.53. The SMILES string of the molecule is COc1ccc(C(=O)NC(C(=O)NCCSSCCC(=O)O)C(C)C)cc1.O=C(O)C(F)(F)F. The number of nitrogens with one attached hydrogen (secondary N) is 2. The molecular formula is C20H27F3N2O7S2. The Bertz CT molecular complexity index is 806. The fourth-order valence-electron chi connectivity index (χ4n) is 2.07. The molecule has 0 saturated heterocycles. The van der Waals surface area contributed by atoms with Crippen molar-refractivity contribution in [2.24, 2.45) is 5.92 Å². The summed E-state index contributed by atoms with van der Waals surface area (Å²) in [5.41, 5.74) is 0.458. The molecule has 0 bridgehead atoms. The lowest BCUT2D eigenvalue weighted by Crippen LogP contribution is -2.50. The van der Waals surface area contributed by atoms with E-state index in [0.29, 0.717) is 29.4 Å². The van der Waals surface area contributed by atoms with Crippen LogP contribution < -0.4 is 15.4 Å². The number of ether oxygens (including phenoxy) is 1. The van der Waals surface area contributed by atoms with Crippen LogP contribution in [0, 0.1) is 5.92 Å². The molecule has 0 aliphatic carbocycles. The number of hydrogen-bond donors (Lipinski definition) is 4. The highest BCUT2D eigenvalue weighted by atomic mass is 33.1. The second-order valence-corrected chi connectivity index (χ2v) is 9.51. The van der Waals surface area contributed by atoms with Crippen molar-refractivity contribution in [1.29, 1.82) is 0 Å². The van der Waals surface area contributed by atoms with Crippen molar-refractivity contribution in [3.63, 3.8) is 0 Å². The summed E-state index contributed by atoms with van der Waals surface area (Å²) in [6.45, 7) is 4.19. The van der Waals surface area contributed by atoms with E-state index < -0.39 is 24.2 Å². The molecule has 0 radical (unpaired) electrons. The maximum Gasteiger partial charge on any atom is 0.490 e. The van der Waals surface area contributed by atoms with Gasteiger partial charge in [-0.1, -0.05) is 35.4 Å². The van der Waals surface area contributed by atoms with E-state index in [2.05, 4.69) is 10.6 Å². The fourth-order valence-corrected chi connectivity index (χ4v) is 3.96. The lowest BCUT2D eigenvalue weighted by atomic mass is 10.0. The predicted molar refractivity (Wildman–Crippen MR) is 123 cm³/mol. The number of methoxy groups -OCH3 is 1. The van der Waals surface area contributed by atoms with Gasteiger partial charge in [0.1, 0.15) is 11.8 Å². The smallest absolute Gasteiger partial charge is 0.490 e. The molecule has 0 spiro atoms. The average Bonchev–Trinajstić information content (AvgIpc) is 2.75. The van der Waals surface area contributed by atoms with Gasteiger partial charge in [-0.3, -0.25) is 14.4 Å². The molecule has 1 atom stereocenters. The molecule has 2 amide bonds. The first-order chi connectivity index (χ1) is 15.8. The quantitative estimate of drug-likeness (QED) is 0.238. The number of carbonyl (C=O) groups excluding carboxylic acids is 2. The van der Waals surface area contributed by atoms with Crippen LogP contribution in [0.1, 0.15) is 30.6 Å². The number of amides is 2. The van der Waals surface area contributed by atoms with Crippen molar-refractivity contribution in [2.45, 2.75) is 32.5 Å². The number of benzene rings is 1. The molecule has 0 heterocycles. The zero-order chi connectivity index (χ0) is 26.3. The minimum atomic E-state index is -5.08. The fraction of sp³-hybridized carbons (Fsp3) is 0.500. The third-order valence-electron chi connectivity index (χ3n) is 3.80. The van der Waals surface area contributed by atoms with Crippen LogP contribution >= 0.6 is 21.6 Å². The molecule has 192 valence electrons. The molecule has 1 aromatic rings. The van der Waals surface area contributed by atoms with E-state index in [4.69, 9.17) is 19.7 Å². The highest BCUT2D eigenvalue weighted by molar-refractivity contribution is 8.76. The van der Waals surface area contributed by atoms with Gasteiger partial charge in [0.25, 0.3) is 5.91 Å². The Labute approximate surface area is 202 Å². The first kappa shape index (κ1) is 31.4. The van der Waals surface area contributed by atoms with Gasteiger partial charge >= 0.3 is 18.1 Å². The summed E-state index contributed by atoms with van der Waals surface area (Å²) in [6.07, 6.45) is -4.96. The van der Waals surface area contributed by atoms with Crippen LogP contribution in [0.4, 0.5) is 13.2 Å². The van der Waals surface area contributed by atoms with Gasteiger partial charge in [-0.2, -0.15) is 13.2 Å². The van der Waals surface area contributed by atoms with Gasteiger partial charge in [0.15, 0.2) is 0 Å². The van der Waals surface area contributed by atoms with E-state index in [-0.39, 0.29) is 24.2 Å². The number of carboxylic acid groups (broad SMARTS) is 2. The van der Waals surface area contributed by atoms with E-state index >= 15 is 0 Å². The third-order valence-corrected chi connectivity index (χ3v) is 6.21. The highest BCUT2D eigenvalue weighted by Gasteiger charge is 2.38. The molecule has 1 aromatic carbocycles. The number of hydrogen-bond acceptors (Lipinski definition) is 7. The summed E-state index contributed by atoms with van der Waals surface area (Å²) in [5.74, 6) is -2.34. The van der Waals surface area contributed by atoms with Crippen LogP contribution in [-0.2, 0) is 14.4 Å². The number of halogens is 3. The average molecular weight is 529 g/mol. The highest BCUT2D eigenvalue weighted by Crippen LogP contribution is 2.21. The molecule has 1 rings (SSSR count). The van der Waals surface area contributed by atoms with E-state index in [9.17, 15) is 27.6 Å². The van der Waals surface area contributed by atoms with Crippen LogP contribution in [0.5, 0.6) is 5.75 Å². The van der Waals surface area contributed by atoms with Crippen LogP contribution in [0.15, 0.2) is 24.3 Å². The molecule has 0 fully saturated rings. The monoisotopic (exact) mass is 528 g/mol. The van der Waals surface area contributed by atoms with E-state index in [0.717, 1.165) is 0 Å². The van der Waals surface area contributed by atoms with E-state index in [1.165, 1.54) is 21.6 Å². The Morgan fingerprint density at radius 1 is 1.03 bits per heavy atom. The van der Waals surface area contributed by atoms with Gasteiger partial charge in [-0.25, -0.2) is 4.79 Å². The van der Waals surface area contributed by atoms with Crippen LogP contribution in [0.2, 0.25) is 0 Å². The van der Waals surface area contributed by atoms with Gasteiger partial charge in [0.05, 0.1) is 13.5 Å². The maximum atomic E-state index is 12.4. The summed E-state index contributed by atoms with van der Waals surface area (Å²) < 4.78 is 36.8. The summed E-state index contributed by atoms with van der Waals surface area (Å²) in [5, 5.41) is 21.3. The standard InChI is InChI=1S/C18H26N2O5S2.C2HF3O2/c1-12(2)16(18(24)19-9-11-27-26-10-8-15(21)22)20-17(23)13-4-6-14(25-3)7-5-13;3-2(4,5)1(6)7/h4-7,12,16H,8-11H2,1-3H3,(H,19,24)(H,20,23)(H,21,22);(H,6,7). The lowest BCUT2D eigenvalue weighted by Gasteiger charge is -2.21. The zero-order valence-corrected chi connectivity index (χ0v) is 20.3. The van der Waals surface area contributed by atoms with Crippen molar-refractivity contribution < 1.29 is 47.3 Å². The van der Waals surface area contributed by atoms with Crippen LogP contribution in [0.3, 0.4) is 0 Å². The predicted octanol–water partition coefficient (Wildman–Crippen LogP) is 3.06. The minimum Gasteiger partial charge on any atom is -0.497 e. The number of carboxylic acids is 2. The molecule has 0 aromatic heterocycles. The maximum absolute atomic E-state index is 12.4. The van der Waals surface area contributed by atoms with Gasteiger partial charge in [0.2, 0.25) is 5.91 Å². The molecule has 1 unspecified atom stereocenters. The number of alkyl halides is 3. The van der Waals surface area contributed by atoms with Gasteiger partial charge in [0, 0.05) is 23.6 Å². The molecule has 0 saturated carbocycles. The number of carbonyl (C=O) groups is 4. The summed E-state index contributed by atoms with van der Waals surface area (Å²) in [6, 6.07) is 6.05. The van der Waals surface area contributed by atoms with E-state index in [1.807, 2.05) is 13.8 Å². The second kappa shape index (κ2) is 16.1. The normalized spacial score (nSPS) is 11.6. The van der Waals surface area contributed by atoms with Crippen molar-refractivity contribution in [3.8, 4) is 5.75 Å². The zero-order valence-electron chi connectivity index (χ0n) is 18.7. The molecule has 34 heavy (non-hydrogen) atoms. The second-order valence-electron chi connectivity index (χ2n) is 6.81. The minimum absolute atomic E-state index is 0.0650. The Kier molecular flexibility index (Phi) is 14.9. The van der Waals surface area contributed by atoms with Crippen molar-refractivity contribution in [3.05, 3.63) is 29.8 Å². The molecular weight excluding hydrogens is 501 g/mol. The summed E-state index contributed by atoms with van der Waals surface area (Å²) >= 11 is 0. The van der Waals surface area contributed by atoms with Gasteiger partial charge < -0.3 is 25.6 Å². The Hall–Kier alpha value is -2.61. The van der Waals surface area contributed by atoms with Crippen molar-refractivity contribution >= 4 is 45.3 Å². The third kappa shape index (κ3) is 13.8. The Balaban J connectivity index is 0.00000135. The number of aliphatic carboxylic acids is 2. The topological polar surface area (TPSA) is 142 Å². The van der Waals surface area contributed by atoms with E-state index in [1.54, 1.807) is 31.4 Å². The Morgan fingerprint density at radius 3 is 2.00 bits per heavy atom. The molecule has 0 aliphatic heterocycles. The van der Waals surface area contributed by atoms with Crippen molar-refractivity contribution in [1.82, 2.24) is 10.6 Å². The largest absolute Gasteiger partial charge is 0.497 e. The van der Waals surface area contributed by atoms with Gasteiger partial charge in [-0.15, -0.1) is 0 Å². The first-order valence-electron chi connectivity index (χ1n) is 9.78. The van der Waals surface area contributed by atoms with Crippen molar-refractivity contribution in [2.75, 3.05) is 25.2 Å². The molecule has 9 nitrogen and oxygen atoms in total. The first-order valence-corrected chi connectivity index (χ1v) is 12.3. The molecule has 4 N–H and O–H groups in total.